The Kier molecular flexibility index (Phi) is 4.62. The Balaban J connectivity index is 5.87. The van der Waals surface area contributed by atoms with Gasteiger partial charge < -0.3 is 20.4 Å². The first-order chi connectivity index (χ1) is 7.72. The molecule has 17 heavy (non-hydrogen) atoms. The molecule has 0 bridgehead atoms. The van der Waals surface area contributed by atoms with Crippen molar-refractivity contribution in [3.8, 4) is 0 Å². The fourth-order valence-corrected chi connectivity index (χ4v) is 1.54. The Hall–Kier alpha value is -2.12. The van der Waals surface area contributed by atoms with Crippen molar-refractivity contribution >= 4 is 23.9 Å². The summed E-state index contributed by atoms with van der Waals surface area (Å²) in [7, 11) is 0. The first-order valence-electron chi connectivity index (χ1n) is 4.65. The highest BCUT2D eigenvalue weighted by molar-refractivity contribution is 6.18. The van der Waals surface area contributed by atoms with Gasteiger partial charge in [0.1, 0.15) is 0 Å². The Morgan fingerprint density at radius 1 is 0.941 bits per heavy atom. The summed E-state index contributed by atoms with van der Waals surface area (Å²) < 4.78 is 0. The maximum Gasteiger partial charge on any atom is 0.333 e. The predicted octanol–water partition coefficient (Wildman–Crippen LogP) is -0.273. The summed E-state index contributed by atoms with van der Waals surface area (Å²) in [6.45, 7) is 1.49. The number of aliphatic carboxylic acids is 4. The average molecular weight is 248 g/mol. The molecule has 1 atom stereocenters. The molecule has 0 saturated heterocycles. The molecule has 1 unspecified atom stereocenters. The smallest absolute Gasteiger partial charge is 0.333 e. The summed E-state index contributed by atoms with van der Waals surface area (Å²) in [5.74, 6) is -10.4. The van der Waals surface area contributed by atoms with Gasteiger partial charge in [-0.25, -0.2) is 0 Å². The molecule has 8 heteroatoms. The third-order valence-electron chi connectivity index (χ3n) is 2.41. The molecule has 0 spiro atoms. The summed E-state index contributed by atoms with van der Waals surface area (Å²) >= 11 is 0. The van der Waals surface area contributed by atoms with Crippen molar-refractivity contribution in [2.75, 3.05) is 0 Å². The molecule has 4 N–H and O–H groups in total. The third kappa shape index (κ3) is 2.35. The fourth-order valence-electron chi connectivity index (χ4n) is 1.54. The van der Waals surface area contributed by atoms with Crippen molar-refractivity contribution in [2.45, 2.75) is 19.8 Å². The number of rotatable bonds is 7. The Morgan fingerprint density at radius 3 is 1.47 bits per heavy atom. The van der Waals surface area contributed by atoms with Crippen molar-refractivity contribution in [3.63, 3.8) is 0 Å². The number of hydrogen-bond acceptors (Lipinski definition) is 4. The number of hydrogen-bond donors (Lipinski definition) is 4. The minimum absolute atomic E-state index is 0.145. The maximum absolute atomic E-state index is 10.9. The van der Waals surface area contributed by atoms with E-state index in [0.717, 1.165) is 0 Å². The van der Waals surface area contributed by atoms with Gasteiger partial charge in [-0.05, 0) is 6.42 Å². The zero-order valence-corrected chi connectivity index (χ0v) is 8.91. The van der Waals surface area contributed by atoms with Gasteiger partial charge in [-0.1, -0.05) is 13.3 Å². The lowest BCUT2D eigenvalue weighted by atomic mass is 9.73. The van der Waals surface area contributed by atoms with E-state index in [1.807, 2.05) is 0 Å². The lowest BCUT2D eigenvalue weighted by molar-refractivity contribution is -0.186. The number of carboxylic acid groups (broad SMARTS) is 4. The first-order valence-corrected chi connectivity index (χ1v) is 4.65. The van der Waals surface area contributed by atoms with Crippen molar-refractivity contribution < 1.29 is 39.6 Å². The van der Waals surface area contributed by atoms with Crippen LogP contribution in [-0.2, 0) is 19.2 Å². The van der Waals surface area contributed by atoms with Crippen LogP contribution in [-0.4, -0.2) is 44.3 Å². The molecule has 0 heterocycles. The van der Waals surface area contributed by atoms with Gasteiger partial charge >= 0.3 is 23.9 Å². The molecule has 0 rings (SSSR count). The lowest BCUT2D eigenvalue weighted by Gasteiger charge is -2.26. The monoisotopic (exact) mass is 248 g/mol. The molecule has 0 radical (unpaired) electrons. The minimum atomic E-state index is -3.36. The molecule has 0 aromatic carbocycles. The highest BCUT2D eigenvalue weighted by atomic mass is 16.4. The summed E-state index contributed by atoms with van der Waals surface area (Å²) in [5, 5.41) is 35.2. The molecule has 0 aromatic heterocycles. The predicted molar refractivity (Wildman–Crippen MR) is 51.4 cm³/mol. The second kappa shape index (κ2) is 5.28. The molecule has 0 aliphatic heterocycles. The topological polar surface area (TPSA) is 149 Å². The zero-order chi connectivity index (χ0) is 13.8. The molecule has 8 nitrogen and oxygen atoms in total. The molecule has 0 aliphatic rings. The van der Waals surface area contributed by atoms with Crippen LogP contribution in [0.5, 0.6) is 0 Å². The first kappa shape index (κ1) is 14.9. The third-order valence-corrected chi connectivity index (χ3v) is 2.41. The van der Waals surface area contributed by atoms with Crippen LogP contribution in [0.3, 0.4) is 0 Å². The maximum atomic E-state index is 10.9. The lowest BCUT2D eigenvalue weighted by Crippen LogP contribution is -2.54. The van der Waals surface area contributed by atoms with E-state index < -0.39 is 35.2 Å². The van der Waals surface area contributed by atoms with E-state index >= 15 is 0 Å². The molecule has 0 fully saturated rings. The normalized spacial score (nSPS) is 12.8. The fraction of sp³-hybridized carbons (Fsp3) is 0.556. The van der Waals surface area contributed by atoms with Gasteiger partial charge in [0.05, 0.1) is 5.92 Å². The van der Waals surface area contributed by atoms with E-state index in [0.29, 0.717) is 0 Å². The van der Waals surface area contributed by atoms with Gasteiger partial charge in [0.25, 0.3) is 5.41 Å². The minimum Gasteiger partial charge on any atom is -0.481 e. The van der Waals surface area contributed by atoms with Gasteiger partial charge in [-0.15, -0.1) is 0 Å². The molecule has 0 saturated carbocycles. The van der Waals surface area contributed by atoms with Crippen LogP contribution in [0.2, 0.25) is 0 Å². The molecular weight excluding hydrogens is 236 g/mol. The molecule has 96 valence electrons. The van der Waals surface area contributed by atoms with Crippen molar-refractivity contribution in [1.29, 1.82) is 0 Å². The van der Waals surface area contributed by atoms with E-state index in [1.54, 1.807) is 0 Å². The Morgan fingerprint density at radius 2 is 1.29 bits per heavy atom. The molecule has 0 aromatic rings. The Labute approximate surface area is 95.5 Å². The highest BCUT2D eigenvalue weighted by Crippen LogP contribution is 2.33. The number of carbonyl (C=O) groups is 4. The van der Waals surface area contributed by atoms with Crippen LogP contribution in [0.1, 0.15) is 19.8 Å². The summed E-state index contributed by atoms with van der Waals surface area (Å²) in [6.07, 6.45) is -0.215. The zero-order valence-electron chi connectivity index (χ0n) is 8.91. The van der Waals surface area contributed by atoms with E-state index in [4.69, 9.17) is 20.4 Å². The van der Waals surface area contributed by atoms with Gasteiger partial charge in [-0.3, -0.25) is 19.2 Å². The Bertz CT molecular complexity index is 322. The van der Waals surface area contributed by atoms with Gasteiger partial charge in [0, 0.05) is 0 Å². The quantitative estimate of drug-likeness (QED) is 0.449. The average Bonchev–Trinajstić information content (AvgIpc) is 2.15. The second-order valence-corrected chi connectivity index (χ2v) is 3.40. The van der Waals surface area contributed by atoms with Gasteiger partial charge in [0.2, 0.25) is 0 Å². The van der Waals surface area contributed by atoms with Crippen molar-refractivity contribution in [3.05, 3.63) is 0 Å². The highest BCUT2D eigenvalue weighted by Gasteiger charge is 2.62. The SMILES string of the molecule is CCCC(C(=O)O)C(C(=O)O)(C(=O)O)C(=O)O. The van der Waals surface area contributed by atoms with Crippen molar-refractivity contribution in [1.82, 2.24) is 0 Å². The van der Waals surface area contributed by atoms with E-state index in [-0.39, 0.29) is 12.8 Å². The standard InChI is InChI=1S/C9H12O8/c1-2-3-4(5(10)11)9(6(12)13,7(14)15)8(16)17/h4H,2-3H2,1H3,(H,10,11)(H,12,13)(H,14,15)(H,16,17). The summed E-state index contributed by atoms with van der Waals surface area (Å²) in [5.41, 5.74) is -3.36. The number of carboxylic acids is 4. The van der Waals surface area contributed by atoms with Crippen LogP contribution >= 0.6 is 0 Å². The van der Waals surface area contributed by atoms with Crippen molar-refractivity contribution in [2.24, 2.45) is 11.3 Å². The van der Waals surface area contributed by atoms with Crippen LogP contribution in [0.25, 0.3) is 0 Å². The summed E-state index contributed by atoms with van der Waals surface area (Å²) in [6, 6.07) is 0. The van der Waals surface area contributed by atoms with Crippen LogP contribution in [0, 0.1) is 11.3 Å². The van der Waals surface area contributed by atoms with E-state index in [1.165, 1.54) is 6.92 Å². The largest absolute Gasteiger partial charge is 0.481 e. The molecule has 0 aliphatic carbocycles. The van der Waals surface area contributed by atoms with Gasteiger partial charge in [-0.2, -0.15) is 0 Å². The van der Waals surface area contributed by atoms with E-state index in [2.05, 4.69) is 0 Å². The van der Waals surface area contributed by atoms with Crippen LogP contribution < -0.4 is 0 Å². The van der Waals surface area contributed by atoms with Crippen LogP contribution in [0.15, 0.2) is 0 Å². The van der Waals surface area contributed by atoms with Crippen LogP contribution in [0.4, 0.5) is 0 Å². The summed E-state index contributed by atoms with van der Waals surface area (Å²) in [4.78, 5) is 43.6. The van der Waals surface area contributed by atoms with E-state index in [9.17, 15) is 19.2 Å². The second-order valence-electron chi connectivity index (χ2n) is 3.40. The van der Waals surface area contributed by atoms with Gasteiger partial charge in [0.15, 0.2) is 0 Å². The molecule has 0 amide bonds. The molecular formula is C9H12O8.